The third-order valence-corrected chi connectivity index (χ3v) is 7.95. The molecule has 0 aromatic heterocycles. The highest BCUT2D eigenvalue weighted by molar-refractivity contribution is 8.00. The number of amides is 1. The Labute approximate surface area is 206 Å². The first-order valence-electron chi connectivity index (χ1n) is 12.3. The highest BCUT2D eigenvalue weighted by Crippen LogP contribution is 2.37. The van der Waals surface area contributed by atoms with Crippen molar-refractivity contribution in [2.24, 2.45) is 0 Å². The molecule has 3 aromatic rings. The number of hydrogen-bond donors (Lipinski definition) is 2. The van der Waals surface area contributed by atoms with E-state index in [0.29, 0.717) is 5.56 Å². The van der Waals surface area contributed by atoms with E-state index in [1.54, 1.807) is 0 Å². The van der Waals surface area contributed by atoms with Crippen molar-refractivity contribution in [3.63, 3.8) is 0 Å². The molecule has 0 spiro atoms. The lowest BCUT2D eigenvalue weighted by atomic mass is 9.86. The lowest BCUT2D eigenvalue weighted by molar-refractivity contribution is -0.136. The van der Waals surface area contributed by atoms with Gasteiger partial charge >= 0.3 is 5.97 Å². The van der Waals surface area contributed by atoms with E-state index in [1.165, 1.54) is 52.5 Å². The van der Waals surface area contributed by atoms with Crippen molar-refractivity contribution in [3.05, 3.63) is 77.4 Å². The number of carbonyl (C=O) groups excluding carboxylic acids is 1. The molecule has 4 rings (SSSR count). The van der Waals surface area contributed by atoms with Gasteiger partial charge in [-0.1, -0.05) is 62.6 Å². The minimum Gasteiger partial charge on any atom is -0.481 e. The van der Waals surface area contributed by atoms with E-state index >= 15 is 0 Å². The highest BCUT2D eigenvalue weighted by Gasteiger charge is 2.17. The maximum absolute atomic E-state index is 12.3. The Morgan fingerprint density at radius 3 is 2.35 bits per heavy atom. The average Bonchev–Trinajstić information content (AvgIpc) is 3.35. The predicted octanol–water partition coefficient (Wildman–Crippen LogP) is 7.01. The van der Waals surface area contributed by atoms with Crippen LogP contribution in [0.3, 0.4) is 0 Å². The molecule has 1 unspecified atom stereocenters. The van der Waals surface area contributed by atoms with E-state index in [1.807, 2.05) is 36.0 Å². The molecule has 1 amide bonds. The van der Waals surface area contributed by atoms with E-state index in [0.717, 1.165) is 18.1 Å². The Balaban J connectivity index is 1.50. The van der Waals surface area contributed by atoms with Gasteiger partial charge in [0.15, 0.2) is 0 Å². The largest absolute Gasteiger partial charge is 0.481 e. The Morgan fingerprint density at radius 2 is 1.65 bits per heavy atom. The molecule has 0 bridgehead atoms. The fourth-order valence-corrected chi connectivity index (χ4v) is 6.09. The Bertz CT molecular complexity index is 1140. The van der Waals surface area contributed by atoms with Crippen LogP contribution in [0.4, 0.5) is 0 Å². The maximum Gasteiger partial charge on any atom is 0.305 e. The second-order valence-electron chi connectivity index (χ2n) is 9.16. The first-order valence-corrected chi connectivity index (χ1v) is 13.2. The van der Waals surface area contributed by atoms with Crippen LogP contribution in [-0.4, -0.2) is 28.8 Å². The summed E-state index contributed by atoms with van der Waals surface area (Å²) in [5.74, 6) is -0.889. The second-order valence-corrected chi connectivity index (χ2v) is 10.5. The van der Waals surface area contributed by atoms with Crippen LogP contribution in [0.5, 0.6) is 0 Å². The summed E-state index contributed by atoms with van der Waals surface area (Å²) in [4.78, 5) is 24.3. The molecule has 0 radical (unpaired) electrons. The first kappa shape index (κ1) is 24.3. The Hall–Kier alpha value is -2.79. The lowest BCUT2D eigenvalue weighted by Crippen LogP contribution is -2.25. The molecule has 1 fully saturated rings. The van der Waals surface area contributed by atoms with Gasteiger partial charge in [-0.15, -0.1) is 11.8 Å². The Morgan fingerprint density at radius 1 is 0.971 bits per heavy atom. The van der Waals surface area contributed by atoms with Gasteiger partial charge in [0.1, 0.15) is 0 Å². The zero-order chi connectivity index (χ0) is 23.9. The number of nitrogens with one attached hydrogen (secondary N) is 1. The molecule has 1 saturated carbocycles. The molecule has 34 heavy (non-hydrogen) atoms. The van der Waals surface area contributed by atoms with E-state index < -0.39 is 5.97 Å². The second kappa shape index (κ2) is 11.6. The van der Waals surface area contributed by atoms with Crippen molar-refractivity contribution in [3.8, 4) is 0 Å². The summed E-state index contributed by atoms with van der Waals surface area (Å²) >= 11 is 2.03. The van der Waals surface area contributed by atoms with Gasteiger partial charge in [-0.05, 0) is 65.4 Å². The van der Waals surface area contributed by atoms with Crippen molar-refractivity contribution in [2.75, 3.05) is 6.54 Å². The molecule has 1 aliphatic rings. The van der Waals surface area contributed by atoms with Gasteiger partial charge in [0, 0.05) is 28.2 Å². The van der Waals surface area contributed by atoms with Crippen LogP contribution in [0, 0.1) is 0 Å². The SMILES string of the molecule is CCCC(c1ccc(C(=O)NCCC(=O)O)cc1)c1ccc2cc(SC3CCCC3)ccc2c1. The van der Waals surface area contributed by atoms with Gasteiger partial charge in [-0.2, -0.15) is 0 Å². The van der Waals surface area contributed by atoms with Crippen LogP contribution in [0.1, 0.15) is 79.3 Å². The lowest BCUT2D eigenvalue weighted by Gasteiger charge is -2.19. The van der Waals surface area contributed by atoms with E-state index in [2.05, 4.69) is 48.6 Å². The number of carboxylic acid groups (broad SMARTS) is 1. The molecule has 178 valence electrons. The van der Waals surface area contributed by atoms with Crippen LogP contribution < -0.4 is 5.32 Å². The van der Waals surface area contributed by atoms with Crippen LogP contribution >= 0.6 is 11.8 Å². The smallest absolute Gasteiger partial charge is 0.305 e. The molecular weight excluding hydrogens is 442 g/mol. The molecule has 4 nitrogen and oxygen atoms in total. The van der Waals surface area contributed by atoms with Gasteiger partial charge in [0.2, 0.25) is 0 Å². The van der Waals surface area contributed by atoms with Crippen LogP contribution in [-0.2, 0) is 4.79 Å². The summed E-state index contributed by atoms with van der Waals surface area (Å²) in [6.07, 6.45) is 7.42. The number of hydrogen-bond acceptors (Lipinski definition) is 3. The summed E-state index contributed by atoms with van der Waals surface area (Å²) in [7, 11) is 0. The van der Waals surface area contributed by atoms with Gasteiger partial charge in [0.05, 0.1) is 6.42 Å². The molecular formula is C29H33NO3S. The third kappa shape index (κ3) is 6.20. The summed E-state index contributed by atoms with van der Waals surface area (Å²) in [5.41, 5.74) is 3.04. The summed E-state index contributed by atoms with van der Waals surface area (Å²) in [6, 6.07) is 21.4. The summed E-state index contributed by atoms with van der Waals surface area (Å²) < 4.78 is 0. The molecule has 1 atom stereocenters. The standard InChI is InChI=1S/C29H33NO3S/c1-2-5-27(20-8-10-21(11-9-20)29(33)30-17-16-28(31)32)24-13-12-23-19-26(15-14-22(23)18-24)34-25-6-3-4-7-25/h8-15,18-19,25,27H,2-7,16-17H2,1H3,(H,30,33)(H,31,32). The molecule has 5 heteroatoms. The number of fused-ring (bicyclic) bond motifs is 1. The molecule has 0 aliphatic heterocycles. The minimum absolute atomic E-state index is 0.0783. The van der Waals surface area contributed by atoms with Gasteiger partial charge < -0.3 is 10.4 Å². The quantitative estimate of drug-likeness (QED) is 0.331. The van der Waals surface area contributed by atoms with Crippen molar-refractivity contribution in [2.45, 2.75) is 67.9 Å². The van der Waals surface area contributed by atoms with Crippen molar-refractivity contribution >= 4 is 34.4 Å². The Kier molecular flexibility index (Phi) is 8.28. The van der Waals surface area contributed by atoms with Crippen LogP contribution in [0.2, 0.25) is 0 Å². The molecule has 1 aliphatic carbocycles. The number of benzene rings is 3. The monoisotopic (exact) mass is 475 g/mol. The molecule has 0 heterocycles. The number of carbonyl (C=O) groups is 2. The van der Waals surface area contributed by atoms with Crippen molar-refractivity contribution in [1.29, 1.82) is 0 Å². The zero-order valence-electron chi connectivity index (χ0n) is 19.8. The van der Waals surface area contributed by atoms with E-state index in [-0.39, 0.29) is 24.8 Å². The number of thioether (sulfide) groups is 1. The minimum atomic E-state index is -0.919. The molecule has 0 saturated heterocycles. The maximum atomic E-state index is 12.3. The topological polar surface area (TPSA) is 66.4 Å². The van der Waals surface area contributed by atoms with E-state index in [4.69, 9.17) is 5.11 Å². The average molecular weight is 476 g/mol. The zero-order valence-corrected chi connectivity index (χ0v) is 20.6. The number of aliphatic carboxylic acids is 1. The number of carboxylic acids is 1. The molecule has 3 aromatic carbocycles. The number of rotatable bonds is 10. The normalized spacial score (nSPS) is 14.9. The highest BCUT2D eigenvalue weighted by atomic mass is 32.2. The summed E-state index contributed by atoms with van der Waals surface area (Å²) in [5, 5.41) is 14.7. The van der Waals surface area contributed by atoms with Crippen LogP contribution in [0.15, 0.2) is 65.6 Å². The van der Waals surface area contributed by atoms with Gasteiger partial charge in [-0.25, -0.2) is 0 Å². The first-order chi connectivity index (χ1) is 16.5. The fourth-order valence-electron chi connectivity index (χ4n) is 4.80. The summed E-state index contributed by atoms with van der Waals surface area (Å²) in [6.45, 7) is 2.33. The van der Waals surface area contributed by atoms with Crippen molar-refractivity contribution in [1.82, 2.24) is 5.32 Å². The third-order valence-electron chi connectivity index (χ3n) is 6.62. The molecule has 2 N–H and O–H groups in total. The fraction of sp³-hybridized carbons (Fsp3) is 0.379. The van der Waals surface area contributed by atoms with E-state index in [9.17, 15) is 9.59 Å². The predicted molar refractivity (Wildman–Crippen MR) is 140 cm³/mol. The van der Waals surface area contributed by atoms with Crippen LogP contribution in [0.25, 0.3) is 10.8 Å². The van der Waals surface area contributed by atoms with Crippen molar-refractivity contribution < 1.29 is 14.7 Å². The van der Waals surface area contributed by atoms with Gasteiger partial charge in [-0.3, -0.25) is 9.59 Å². The van der Waals surface area contributed by atoms with Gasteiger partial charge in [0.25, 0.3) is 5.91 Å².